The lowest BCUT2D eigenvalue weighted by atomic mass is 10.2. The Morgan fingerprint density at radius 2 is 2.09 bits per heavy atom. The van der Waals surface area contributed by atoms with Crippen LogP contribution in [0.4, 0.5) is 14.5 Å². The van der Waals surface area contributed by atoms with Gasteiger partial charge in [-0.1, -0.05) is 6.07 Å². The first-order chi connectivity index (χ1) is 16.0. The standard InChI is InChI=1S/C23H23F2N5O3/c24-22(25)15-2-1-3-16(27-15)23(32)29-18-12-30-11-17(13-4-5-13)28-20(30)10-19(18)33-9-8-14-6-7-21(31)26-14/h1-3,10-14,22H,4-9H2,(H,26,31)(H,29,32). The molecule has 3 aromatic rings. The summed E-state index contributed by atoms with van der Waals surface area (Å²) < 4.78 is 33.8. The van der Waals surface area contributed by atoms with E-state index in [1.807, 2.05) is 10.6 Å². The van der Waals surface area contributed by atoms with Crippen molar-refractivity contribution in [2.24, 2.45) is 0 Å². The minimum atomic E-state index is -2.77. The fraction of sp³-hybridized carbons (Fsp3) is 0.391. The zero-order chi connectivity index (χ0) is 22.9. The molecule has 1 aliphatic carbocycles. The number of fused-ring (bicyclic) bond motifs is 1. The van der Waals surface area contributed by atoms with E-state index in [0.717, 1.165) is 25.0 Å². The summed E-state index contributed by atoms with van der Waals surface area (Å²) in [5.41, 5.74) is 1.49. The fourth-order valence-corrected chi connectivity index (χ4v) is 3.92. The van der Waals surface area contributed by atoms with E-state index in [1.54, 1.807) is 12.3 Å². The molecule has 5 rings (SSSR count). The molecule has 2 amide bonds. The summed E-state index contributed by atoms with van der Waals surface area (Å²) in [7, 11) is 0. The second-order valence-electron chi connectivity index (χ2n) is 8.40. The number of alkyl halides is 2. The Morgan fingerprint density at radius 3 is 2.82 bits per heavy atom. The number of imidazole rings is 1. The molecule has 2 aliphatic rings. The van der Waals surface area contributed by atoms with Crippen molar-refractivity contribution in [2.75, 3.05) is 11.9 Å². The molecule has 1 aliphatic heterocycles. The maximum Gasteiger partial charge on any atom is 0.280 e. The number of anilines is 1. The molecular weight excluding hydrogens is 432 g/mol. The fourth-order valence-electron chi connectivity index (χ4n) is 3.92. The van der Waals surface area contributed by atoms with E-state index < -0.39 is 18.0 Å². The number of hydrogen-bond acceptors (Lipinski definition) is 5. The van der Waals surface area contributed by atoms with Gasteiger partial charge in [0.2, 0.25) is 5.91 Å². The van der Waals surface area contributed by atoms with Crippen molar-refractivity contribution in [3.05, 3.63) is 53.7 Å². The Bertz CT molecular complexity index is 1210. The van der Waals surface area contributed by atoms with Gasteiger partial charge in [-0.3, -0.25) is 9.59 Å². The topological polar surface area (TPSA) is 97.6 Å². The predicted octanol–water partition coefficient (Wildman–Crippen LogP) is 3.84. The molecule has 2 fully saturated rings. The third kappa shape index (κ3) is 4.79. The van der Waals surface area contributed by atoms with Crippen molar-refractivity contribution in [2.45, 2.75) is 50.5 Å². The van der Waals surface area contributed by atoms with E-state index in [0.29, 0.717) is 42.5 Å². The van der Waals surface area contributed by atoms with Crippen molar-refractivity contribution >= 4 is 23.1 Å². The lowest BCUT2D eigenvalue weighted by Crippen LogP contribution is -2.27. The third-order valence-corrected chi connectivity index (χ3v) is 5.85. The number of nitrogens with one attached hydrogen (secondary N) is 2. The Labute approximate surface area is 188 Å². The predicted molar refractivity (Wildman–Crippen MR) is 116 cm³/mol. The lowest BCUT2D eigenvalue weighted by Gasteiger charge is -2.15. The molecule has 8 nitrogen and oxygen atoms in total. The van der Waals surface area contributed by atoms with E-state index >= 15 is 0 Å². The van der Waals surface area contributed by atoms with Gasteiger partial charge in [0.1, 0.15) is 28.5 Å². The molecule has 0 spiro atoms. The molecule has 3 aromatic heterocycles. The van der Waals surface area contributed by atoms with Gasteiger partial charge in [-0.25, -0.2) is 18.7 Å². The second-order valence-corrected chi connectivity index (χ2v) is 8.40. The minimum Gasteiger partial charge on any atom is -0.491 e. The Morgan fingerprint density at radius 1 is 1.24 bits per heavy atom. The number of pyridine rings is 2. The number of amides is 2. The smallest absolute Gasteiger partial charge is 0.280 e. The average Bonchev–Trinajstić information content (AvgIpc) is 3.45. The van der Waals surface area contributed by atoms with Crippen LogP contribution in [-0.2, 0) is 4.79 Å². The van der Waals surface area contributed by atoms with Crippen LogP contribution in [0.3, 0.4) is 0 Å². The number of carbonyl (C=O) groups excluding carboxylic acids is 2. The van der Waals surface area contributed by atoms with E-state index in [2.05, 4.69) is 20.6 Å². The van der Waals surface area contributed by atoms with Crippen LogP contribution in [0.15, 0.2) is 36.7 Å². The first-order valence-electron chi connectivity index (χ1n) is 11.0. The van der Waals surface area contributed by atoms with Gasteiger partial charge in [0.25, 0.3) is 12.3 Å². The highest BCUT2D eigenvalue weighted by atomic mass is 19.3. The zero-order valence-electron chi connectivity index (χ0n) is 17.8. The zero-order valence-corrected chi connectivity index (χ0v) is 17.8. The minimum absolute atomic E-state index is 0.0397. The summed E-state index contributed by atoms with van der Waals surface area (Å²) in [5, 5.41) is 5.64. The van der Waals surface area contributed by atoms with Crippen LogP contribution < -0.4 is 15.4 Å². The van der Waals surface area contributed by atoms with Crippen molar-refractivity contribution in [3.8, 4) is 5.75 Å². The van der Waals surface area contributed by atoms with Crippen LogP contribution >= 0.6 is 0 Å². The van der Waals surface area contributed by atoms with Crippen LogP contribution in [0.5, 0.6) is 5.75 Å². The van der Waals surface area contributed by atoms with Crippen LogP contribution in [-0.4, -0.2) is 38.8 Å². The van der Waals surface area contributed by atoms with Gasteiger partial charge < -0.3 is 19.8 Å². The molecule has 10 heteroatoms. The molecule has 0 bridgehead atoms. The Kier molecular flexibility index (Phi) is 5.65. The molecular formula is C23H23F2N5O3. The summed E-state index contributed by atoms with van der Waals surface area (Å²) in [6, 6.07) is 5.74. The number of rotatable bonds is 8. The van der Waals surface area contributed by atoms with Gasteiger partial charge in [0.05, 0.1) is 12.3 Å². The van der Waals surface area contributed by atoms with Crippen molar-refractivity contribution in [1.82, 2.24) is 19.7 Å². The van der Waals surface area contributed by atoms with Gasteiger partial charge in [0.15, 0.2) is 0 Å². The summed E-state index contributed by atoms with van der Waals surface area (Å²) in [5.74, 6) is 0.294. The monoisotopic (exact) mass is 455 g/mol. The van der Waals surface area contributed by atoms with Crippen molar-refractivity contribution in [1.29, 1.82) is 0 Å². The quantitative estimate of drug-likeness (QED) is 0.538. The molecule has 172 valence electrons. The second kappa shape index (κ2) is 8.76. The largest absolute Gasteiger partial charge is 0.491 e. The SMILES string of the molecule is O=C1CCC(CCOc2cc3nc(C4CC4)cn3cc2NC(=O)c2cccc(C(F)F)n2)N1. The molecule has 2 N–H and O–H groups in total. The number of ether oxygens (including phenoxy) is 1. The van der Waals surface area contributed by atoms with Crippen molar-refractivity contribution < 1.29 is 23.1 Å². The molecule has 0 radical (unpaired) electrons. The van der Waals surface area contributed by atoms with Gasteiger partial charge in [-0.2, -0.15) is 0 Å². The highest BCUT2D eigenvalue weighted by molar-refractivity contribution is 6.03. The maximum atomic E-state index is 13.0. The summed E-state index contributed by atoms with van der Waals surface area (Å²) >= 11 is 0. The molecule has 1 saturated heterocycles. The van der Waals surface area contributed by atoms with E-state index in [9.17, 15) is 18.4 Å². The van der Waals surface area contributed by atoms with Gasteiger partial charge in [-0.15, -0.1) is 0 Å². The summed E-state index contributed by atoms with van der Waals surface area (Å²) in [6.07, 6.45) is 4.99. The Balaban J connectivity index is 1.38. The number of halogens is 2. The highest BCUT2D eigenvalue weighted by Gasteiger charge is 2.27. The first kappa shape index (κ1) is 21.3. The molecule has 1 atom stereocenters. The van der Waals surface area contributed by atoms with E-state index in [1.165, 1.54) is 18.2 Å². The summed E-state index contributed by atoms with van der Waals surface area (Å²) in [4.78, 5) is 32.6. The number of nitrogens with zero attached hydrogens (tertiary/aromatic N) is 3. The Hall–Kier alpha value is -3.56. The molecule has 33 heavy (non-hydrogen) atoms. The maximum absolute atomic E-state index is 13.0. The highest BCUT2D eigenvalue weighted by Crippen LogP contribution is 2.40. The van der Waals surface area contributed by atoms with Crippen LogP contribution in [0.1, 0.15) is 66.3 Å². The third-order valence-electron chi connectivity index (χ3n) is 5.85. The number of hydrogen-bond donors (Lipinski definition) is 2. The van der Waals surface area contributed by atoms with Crippen LogP contribution in [0.25, 0.3) is 5.65 Å². The summed E-state index contributed by atoms with van der Waals surface area (Å²) in [6.45, 7) is 0.333. The van der Waals surface area contributed by atoms with E-state index in [4.69, 9.17) is 4.74 Å². The number of aromatic nitrogens is 3. The lowest BCUT2D eigenvalue weighted by molar-refractivity contribution is -0.119. The van der Waals surface area contributed by atoms with E-state index in [-0.39, 0.29) is 17.6 Å². The molecule has 1 saturated carbocycles. The van der Waals surface area contributed by atoms with Crippen LogP contribution in [0, 0.1) is 0 Å². The molecule has 0 aromatic carbocycles. The van der Waals surface area contributed by atoms with Crippen LogP contribution in [0.2, 0.25) is 0 Å². The molecule has 4 heterocycles. The normalized spacial score (nSPS) is 18.0. The molecule has 1 unspecified atom stereocenters. The van der Waals surface area contributed by atoms with Crippen molar-refractivity contribution in [3.63, 3.8) is 0 Å². The van der Waals surface area contributed by atoms with Gasteiger partial charge in [0, 0.05) is 43.3 Å². The number of carbonyl (C=O) groups is 2. The van der Waals surface area contributed by atoms with Gasteiger partial charge in [-0.05, 0) is 31.4 Å². The first-order valence-corrected chi connectivity index (χ1v) is 11.0. The van der Waals surface area contributed by atoms with Gasteiger partial charge >= 0.3 is 0 Å². The average molecular weight is 455 g/mol.